The lowest BCUT2D eigenvalue weighted by Gasteiger charge is -2.36. The number of rotatable bonds is 3. The number of piperazine rings is 1. The Morgan fingerprint density at radius 2 is 1.86 bits per heavy atom. The van der Waals surface area contributed by atoms with Crippen molar-refractivity contribution in [2.75, 3.05) is 37.6 Å². The summed E-state index contributed by atoms with van der Waals surface area (Å²) >= 11 is 11.1. The highest BCUT2D eigenvalue weighted by Crippen LogP contribution is 2.28. The lowest BCUT2D eigenvalue weighted by Crippen LogP contribution is -2.49. The Kier molecular flexibility index (Phi) is 4.95. The average Bonchev–Trinajstić information content (AvgIpc) is 2.38. The number of nitrogens with two attached hydrogens (primary N) is 1. The van der Waals surface area contributed by atoms with Crippen LogP contribution in [0.5, 0.6) is 0 Å². The van der Waals surface area contributed by atoms with Crippen LogP contribution in [0.25, 0.3) is 0 Å². The zero-order chi connectivity index (χ0) is 15.6. The van der Waals surface area contributed by atoms with Gasteiger partial charge in [0.2, 0.25) is 0 Å². The van der Waals surface area contributed by atoms with Crippen LogP contribution < -0.4 is 10.6 Å². The normalized spacial score (nSPS) is 17.0. The minimum atomic E-state index is -4.15. The summed E-state index contributed by atoms with van der Waals surface area (Å²) in [6.07, 6.45) is -4.15. The number of anilines is 1. The van der Waals surface area contributed by atoms with Crippen molar-refractivity contribution in [2.24, 2.45) is 5.73 Å². The Morgan fingerprint density at radius 3 is 2.33 bits per heavy atom. The van der Waals surface area contributed by atoms with E-state index < -0.39 is 12.7 Å². The summed E-state index contributed by atoms with van der Waals surface area (Å²) in [6.45, 7) is 0.846. The predicted octanol–water partition coefficient (Wildman–Crippen LogP) is 2.66. The van der Waals surface area contributed by atoms with Crippen molar-refractivity contribution in [1.82, 2.24) is 4.90 Å². The van der Waals surface area contributed by atoms with Crippen molar-refractivity contribution in [1.29, 1.82) is 0 Å². The Morgan fingerprint density at radius 1 is 1.24 bits per heavy atom. The van der Waals surface area contributed by atoms with Crippen molar-refractivity contribution in [2.45, 2.75) is 6.18 Å². The molecule has 0 bridgehead atoms. The van der Waals surface area contributed by atoms with Gasteiger partial charge < -0.3 is 10.6 Å². The first-order chi connectivity index (χ1) is 9.76. The standard InChI is InChI=1S/C13H15ClF3N3S/c14-10-7-9(12(18)21)1-2-11(10)20-5-3-19(4-6-20)8-13(15,16)17/h1-2,7H,3-6,8H2,(H2,18,21). The smallest absolute Gasteiger partial charge is 0.389 e. The molecule has 2 N–H and O–H groups in total. The quantitative estimate of drug-likeness (QED) is 0.860. The second kappa shape index (κ2) is 6.37. The minimum absolute atomic E-state index is 0.262. The molecule has 0 radical (unpaired) electrons. The summed E-state index contributed by atoms with van der Waals surface area (Å²) in [7, 11) is 0. The molecule has 1 saturated heterocycles. The number of thiocarbonyl (C=S) groups is 1. The third kappa shape index (κ3) is 4.46. The highest BCUT2D eigenvalue weighted by atomic mass is 35.5. The lowest BCUT2D eigenvalue weighted by atomic mass is 10.1. The topological polar surface area (TPSA) is 32.5 Å². The maximum absolute atomic E-state index is 12.3. The summed E-state index contributed by atoms with van der Waals surface area (Å²) < 4.78 is 37.0. The van der Waals surface area contributed by atoms with Gasteiger partial charge in [-0.1, -0.05) is 23.8 Å². The zero-order valence-electron chi connectivity index (χ0n) is 11.2. The number of halogens is 4. The van der Waals surface area contributed by atoms with E-state index in [0.29, 0.717) is 36.8 Å². The molecular formula is C13H15ClF3N3S. The van der Waals surface area contributed by atoms with Crippen LogP contribution >= 0.6 is 23.8 Å². The van der Waals surface area contributed by atoms with Crippen LogP contribution in [0.15, 0.2) is 18.2 Å². The molecule has 3 nitrogen and oxygen atoms in total. The van der Waals surface area contributed by atoms with Crippen LogP contribution in [-0.2, 0) is 0 Å². The molecule has 0 spiro atoms. The highest BCUT2D eigenvalue weighted by Gasteiger charge is 2.32. The molecule has 0 unspecified atom stereocenters. The van der Waals surface area contributed by atoms with Crippen LogP contribution in [0.2, 0.25) is 5.02 Å². The molecule has 0 atom stereocenters. The van der Waals surface area contributed by atoms with Crippen molar-refractivity contribution in [3.8, 4) is 0 Å². The van der Waals surface area contributed by atoms with Gasteiger partial charge in [0, 0.05) is 31.7 Å². The van der Waals surface area contributed by atoms with Gasteiger partial charge in [-0.3, -0.25) is 4.90 Å². The van der Waals surface area contributed by atoms with E-state index in [2.05, 4.69) is 0 Å². The zero-order valence-corrected chi connectivity index (χ0v) is 12.7. The molecule has 21 heavy (non-hydrogen) atoms. The number of alkyl halides is 3. The van der Waals surface area contributed by atoms with Gasteiger partial charge in [-0.05, 0) is 18.2 Å². The molecule has 1 aliphatic rings. The maximum atomic E-state index is 12.3. The third-order valence-corrected chi connectivity index (χ3v) is 3.89. The van der Waals surface area contributed by atoms with E-state index >= 15 is 0 Å². The van der Waals surface area contributed by atoms with Gasteiger partial charge in [0.25, 0.3) is 0 Å². The fourth-order valence-electron chi connectivity index (χ4n) is 2.32. The summed E-state index contributed by atoms with van der Waals surface area (Å²) in [5, 5.41) is 0.504. The Bertz CT molecular complexity index is 528. The molecule has 1 aromatic carbocycles. The van der Waals surface area contributed by atoms with Gasteiger partial charge in [-0.2, -0.15) is 13.2 Å². The van der Waals surface area contributed by atoms with Crippen LogP contribution in [0.4, 0.5) is 18.9 Å². The molecule has 116 valence electrons. The minimum Gasteiger partial charge on any atom is -0.389 e. The van der Waals surface area contributed by atoms with Crippen LogP contribution in [0.1, 0.15) is 5.56 Å². The van der Waals surface area contributed by atoms with Crippen LogP contribution in [0, 0.1) is 0 Å². The van der Waals surface area contributed by atoms with Crippen molar-refractivity contribution >= 4 is 34.5 Å². The van der Waals surface area contributed by atoms with Gasteiger partial charge in [-0.15, -0.1) is 0 Å². The van der Waals surface area contributed by atoms with E-state index in [1.54, 1.807) is 18.2 Å². The largest absolute Gasteiger partial charge is 0.401 e. The Balaban J connectivity index is 2.01. The van der Waals surface area contributed by atoms with E-state index in [9.17, 15) is 13.2 Å². The average molecular weight is 338 g/mol. The van der Waals surface area contributed by atoms with Gasteiger partial charge in [0.1, 0.15) is 4.99 Å². The first-order valence-electron chi connectivity index (χ1n) is 6.40. The van der Waals surface area contributed by atoms with Crippen LogP contribution in [0.3, 0.4) is 0 Å². The fraction of sp³-hybridized carbons (Fsp3) is 0.462. The first-order valence-corrected chi connectivity index (χ1v) is 7.18. The first kappa shape index (κ1) is 16.3. The van der Waals surface area contributed by atoms with Crippen molar-refractivity contribution < 1.29 is 13.2 Å². The summed E-state index contributed by atoms with van der Waals surface area (Å²) in [6, 6.07) is 5.25. The third-order valence-electron chi connectivity index (χ3n) is 3.35. The number of hydrogen-bond acceptors (Lipinski definition) is 3. The van der Waals surface area contributed by atoms with Crippen LogP contribution in [-0.4, -0.2) is 48.8 Å². The van der Waals surface area contributed by atoms with E-state index in [0.717, 1.165) is 5.69 Å². The Hall–Kier alpha value is -1.05. The number of nitrogens with zero attached hydrogens (tertiary/aromatic N) is 2. The fourth-order valence-corrected chi connectivity index (χ4v) is 2.74. The number of benzene rings is 1. The molecule has 0 aliphatic carbocycles. The molecular weight excluding hydrogens is 323 g/mol. The highest BCUT2D eigenvalue weighted by molar-refractivity contribution is 7.80. The maximum Gasteiger partial charge on any atom is 0.401 e. The summed E-state index contributed by atoms with van der Waals surface area (Å²) in [5.41, 5.74) is 7.00. The second-order valence-corrected chi connectivity index (χ2v) is 5.76. The van der Waals surface area contributed by atoms with Crippen molar-refractivity contribution in [3.63, 3.8) is 0 Å². The molecule has 0 amide bonds. The molecule has 2 rings (SSSR count). The van der Waals surface area contributed by atoms with Gasteiger partial charge in [-0.25, -0.2) is 0 Å². The van der Waals surface area contributed by atoms with E-state index in [1.165, 1.54) is 4.90 Å². The lowest BCUT2D eigenvalue weighted by molar-refractivity contribution is -0.146. The summed E-state index contributed by atoms with van der Waals surface area (Å²) in [4.78, 5) is 3.63. The molecule has 0 saturated carbocycles. The number of hydrogen-bond donors (Lipinski definition) is 1. The molecule has 1 fully saturated rings. The molecule has 0 aromatic heterocycles. The monoisotopic (exact) mass is 337 g/mol. The van der Waals surface area contributed by atoms with Crippen molar-refractivity contribution in [3.05, 3.63) is 28.8 Å². The molecule has 1 heterocycles. The van der Waals surface area contributed by atoms with E-state index in [-0.39, 0.29) is 4.99 Å². The Labute approximate surface area is 131 Å². The van der Waals surface area contributed by atoms with E-state index in [1.807, 2.05) is 4.90 Å². The molecule has 8 heteroatoms. The SMILES string of the molecule is NC(=S)c1ccc(N2CCN(CC(F)(F)F)CC2)c(Cl)c1. The molecule has 1 aromatic rings. The van der Waals surface area contributed by atoms with Gasteiger partial charge >= 0.3 is 6.18 Å². The van der Waals surface area contributed by atoms with E-state index in [4.69, 9.17) is 29.6 Å². The van der Waals surface area contributed by atoms with Gasteiger partial charge in [0.05, 0.1) is 17.3 Å². The van der Waals surface area contributed by atoms with Gasteiger partial charge in [0.15, 0.2) is 0 Å². The molecule has 1 aliphatic heterocycles. The summed E-state index contributed by atoms with van der Waals surface area (Å²) in [5.74, 6) is 0. The predicted molar refractivity (Wildman–Crippen MR) is 82.0 cm³/mol. The second-order valence-electron chi connectivity index (χ2n) is 4.91.